The van der Waals surface area contributed by atoms with Crippen molar-refractivity contribution in [3.05, 3.63) is 101 Å². The second-order valence-corrected chi connectivity index (χ2v) is 7.57. The number of carbonyl (C=O) groups excluding carboxylic acids is 1. The largest absolute Gasteiger partial charge is 0.457 e. The number of carbonyl (C=O) groups is 1. The third-order valence-corrected chi connectivity index (χ3v) is 5.63. The predicted molar refractivity (Wildman–Crippen MR) is 116 cm³/mol. The number of amides is 1. The Balaban J connectivity index is 1.48. The molecule has 0 saturated heterocycles. The molecule has 0 saturated carbocycles. The van der Waals surface area contributed by atoms with E-state index in [0.717, 1.165) is 21.1 Å². The van der Waals surface area contributed by atoms with Crippen molar-refractivity contribution in [2.75, 3.05) is 0 Å². The van der Waals surface area contributed by atoms with E-state index in [-0.39, 0.29) is 5.91 Å². The molecule has 4 rings (SSSR count). The quantitative estimate of drug-likeness (QED) is 0.442. The molecular weight excluding hydrogens is 380 g/mol. The number of hydrogen-bond acceptors (Lipinski definition) is 4. The molecule has 0 unspecified atom stereocenters. The summed E-state index contributed by atoms with van der Waals surface area (Å²) >= 11 is 1.60. The van der Waals surface area contributed by atoms with Gasteiger partial charge in [-0.05, 0) is 31.2 Å². The van der Waals surface area contributed by atoms with Gasteiger partial charge in [-0.1, -0.05) is 60.7 Å². The zero-order chi connectivity index (χ0) is 20.1. The van der Waals surface area contributed by atoms with Crippen LogP contribution in [0.25, 0.3) is 10.6 Å². The van der Waals surface area contributed by atoms with Crippen LogP contribution in [0.15, 0.2) is 84.9 Å². The number of rotatable bonds is 6. The Bertz CT molecular complexity index is 1110. The van der Waals surface area contributed by atoms with E-state index in [9.17, 15) is 4.79 Å². The van der Waals surface area contributed by atoms with Gasteiger partial charge in [0.05, 0.1) is 17.8 Å². The van der Waals surface area contributed by atoms with Gasteiger partial charge in [-0.2, -0.15) is 0 Å². The molecule has 5 heteroatoms. The maximum atomic E-state index is 12.8. The maximum absolute atomic E-state index is 12.8. The molecule has 29 heavy (non-hydrogen) atoms. The summed E-state index contributed by atoms with van der Waals surface area (Å²) in [6.45, 7) is 2.39. The predicted octanol–water partition coefficient (Wildman–Crippen LogP) is 5.84. The first-order valence-electron chi connectivity index (χ1n) is 9.32. The number of aromatic nitrogens is 1. The van der Waals surface area contributed by atoms with E-state index in [2.05, 4.69) is 10.3 Å². The first kappa shape index (κ1) is 18.9. The number of hydrogen-bond donors (Lipinski definition) is 1. The summed E-state index contributed by atoms with van der Waals surface area (Å²) in [5.41, 5.74) is 2.52. The number of nitrogens with zero attached hydrogens (tertiary/aromatic N) is 1. The second-order valence-electron chi connectivity index (χ2n) is 6.49. The summed E-state index contributed by atoms with van der Waals surface area (Å²) < 4.78 is 5.90. The lowest BCUT2D eigenvalue weighted by Gasteiger charge is -2.11. The molecule has 0 bridgehead atoms. The Morgan fingerprint density at radius 1 is 0.931 bits per heavy atom. The van der Waals surface area contributed by atoms with E-state index in [4.69, 9.17) is 4.74 Å². The highest BCUT2D eigenvalue weighted by Gasteiger charge is 2.15. The number of aryl methyl sites for hydroxylation is 1. The van der Waals surface area contributed by atoms with E-state index in [1.807, 2.05) is 79.7 Å². The van der Waals surface area contributed by atoms with Gasteiger partial charge in [0, 0.05) is 10.4 Å². The molecular formula is C24H20N2O2S. The Hall–Kier alpha value is -3.44. The Kier molecular flexibility index (Phi) is 5.68. The van der Waals surface area contributed by atoms with Gasteiger partial charge in [0.2, 0.25) is 0 Å². The summed E-state index contributed by atoms with van der Waals surface area (Å²) in [6, 6.07) is 26.8. The van der Waals surface area contributed by atoms with Crippen molar-refractivity contribution < 1.29 is 9.53 Å². The highest BCUT2D eigenvalue weighted by Crippen LogP contribution is 2.28. The summed E-state index contributed by atoms with van der Waals surface area (Å²) in [5.74, 6) is 1.05. The van der Waals surface area contributed by atoms with Crippen LogP contribution in [0.3, 0.4) is 0 Å². The van der Waals surface area contributed by atoms with Crippen LogP contribution in [0.4, 0.5) is 0 Å². The van der Waals surface area contributed by atoms with Gasteiger partial charge in [-0.25, -0.2) is 4.98 Å². The highest BCUT2D eigenvalue weighted by molar-refractivity contribution is 7.15. The number of ether oxygens (including phenoxy) is 1. The molecule has 0 aliphatic heterocycles. The van der Waals surface area contributed by atoms with Crippen molar-refractivity contribution >= 4 is 17.2 Å². The minimum Gasteiger partial charge on any atom is -0.457 e. The van der Waals surface area contributed by atoms with Gasteiger partial charge in [0.25, 0.3) is 5.91 Å². The van der Waals surface area contributed by atoms with Gasteiger partial charge in [0.15, 0.2) is 0 Å². The van der Waals surface area contributed by atoms with Crippen molar-refractivity contribution in [2.24, 2.45) is 0 Å². The van der Waals surface area contributed by atoms with E-state index in [1.54, 1.807) is 23.5 Å². The van der Waals surface area contributed by atoms with Crippen LogP contribution in [-0.4, -0.2) is 10.9 Å². The van der Waals surface area contributed by atoms with E-state index in [1.165, 1.54) is 0 Å². The van der Waals surface area contributed by atoms with Crippen LogP contribution < -0.4 is 10.1 Å². The van der Waals surface area contributed by atoms with E-state index in [0.29, 0.717) is 23.6 Å². The number of nitrogens with one attached hydrogen (secondary N) is 1. The average Bonchev–Trinajstić information content (AvgIpc) is 3.14. The number of thiazole rings is 1. The molecule has 0 aliphatic carbocycles. The molecule has 0 radical (unpaired) electrons. The molecule has 1 heterocycles. The minimum atomic E-state index is -0.175. The molecule has 1 amide bonds. The molecule has 0 atom stereocenters. The van der Waals surface area contributed by atoms with Crippen LogP contribution >= 0.6 is 11.3 Å². The van der Waals surface area contributed by atoms with E-state index < -0.39 is 0 Å². The Morgan fingerprint density at radius 2 is 1.59 bits per heavy atom. The van der Waals surface area contributed by atoms with Gasteiger partial charge < -0.3 is 10.1 Å². The van der Waals surface area contributed by atoms with Crippen molar-refractivity contribution in [1.29, 1.82) is 0 Å². The minimum absolute atomic E-state index is 0.175. The monoisotopic (exact) mass is 400 g/mol. The standard InChI is InChI=1S/C24H20N2O2S/c1-17-22(29-24(26-17)18-10-4-2-5-11-18)16-25-23(27)20-14-8-9-15-21(20)28-19-12-6-3-7-13-19/h2-15H,16H2,1H3,(H,25,27). The second kappa shape index (κ2) is 8.71. The molecule has 3 aromatic carbocycles. The molecule has 4 aromatic rings. The van der Waals surface area contributed by atoms with Crippen LogP contribution in [-0.2, 0) is 6.54 Å². The fourth-order valence-corrected chi connectivity index (χ4v) is 3.92. The topological polar surface area (TPSA) is 51.2 Å². The van der Waals surface area contributed by atoms with Gasteiger partial charge in [-0.15, -0.1) is 11.3 Å². The average molecular weight is 401 g/mol. The smallest absolute Gasteiger partial charge is 0.255 e. The molecule has 144 valence electrons. The molecule has 1 N–H and O–H groups in total. The van der Waals surface area contributed by atoms with Gasteiger partial charge in [-0.3, -0.25) is 4.79 Å². The highest BCUT2D eigenvalue weighted by atomic mass is 32.1. The fraction of sp³-hybridized carbons (Fsp3) is 0.0833. The third-order valence-electron chi connectivity index (χ3n) is 4.43. The van der Waals surface area contributed by atoms with Crippen molar-refractivity contribution in [1.82, 2.24) is 10.3 Å². The lowest BCUT2D eigenvalue weighted by Crippen LogP contribution is -2.23. The van der Waals surface area contributed by atoms with E-state index >= 15 is 0 Å². The Morgan fingerprint density at radius 3 is 2.34 bits per heavy atom. The summed E-state index contributed by atoms with van der Waals surface area (Å²) in [6.07, 6.45) is 0. The first-order valence-corrected chi connectivity index (χ1v) is 10.1. The molecule has 0 fully saturated rings. The molecule has 0 spiro atoms. The van der Waals surface area contributed by atoms with Crippen molar-refractivity contribution in [2.45, 2.75) is 13.5 Å². The van der Waals surface area contributed by atoms with Gasteiger partial charge in [0.1, 0.15) is 16.5 Å². The van der Waals surface area contributed by atoms with Crippen LogP contribution in [0.5, 0.6) is 11.5 Å². The molecule has 1 aromatic heterocycles. The SMILES string of the molecule is Cc1nc(-c2ccccc2)sc1CNC(=O)c1ccccc1Oc1ccccc1. The lowest BCUT2D eigenvalue weighted by molar-refractivity contribution is 0.0949. The first-order chi connectivity index (χ1) is 14.2. The Labute approximate surface area is 173 Å². The zero-order valence-electron chi connectivity index (χ0n) is 16.0. The zero-order valence-corrected chi connectivity index (χ0v) is 16.8. The maximum Gasteiger partial charge on any atom is 0.255 e. The summed E-state index contributed by atoms with van der Waals surface area (Å²) in [4.78, 5) is 18.5. The third kappa shape index (κ3) is 4.52. The van der Waals surface area contributed by atoms with Gasteiger partial charge >= 0.3 is 0 Å². The normalized spacial score (nSPS) is 10.5. The summed E-state index contributed by atoms with van der Waals surface area (Å²) in [5, 5.41) is 3.96. The molecule has 4 nitrogen and oxygen atoms in total. The summed E-state index contributed by atoms with van der Waals surface area (Å²) in [7, 11) is 0. The lowest BCUT2D eigenvalue weighted by atomic mass is 10.2. The van der Waals surface area contributed by atoms with Crippen molar-refractivity contribution in [3.63, 3.8) is 0 Å². The van der Waals surface area contributed by atoms with Crippen LogP contribution in [0.1, 0.15) is 20.9 Å². The fourth-order valence-electron chi connectivity index (χ4n) is 2.91. The van der Waals surface area contributed by atoms with Crippen LogP contribution in [0.2, 0.25) is 0 Å². The molecule has 0 aliphatic rings. The number of benzene rings is 3. The van der Waals surface area contributed by atoms with Crippen molar-refractivity contribution in [3.8, 4) is 22.1 Å². The number of para-hydroxylation sites is 2. The van der Waals surface area contributed by atoms with Crippen LogP contribution in [0, 0.1) is 6.92 Å².